The average molecular weight is 397 g/mol. The first-order valence-electron chi connectivity index (χ1n) is 10.0. The van der Waals surface area contributed by atoms with E-state index in [1.54, 1.807) is 23.2 Å². The van der Waals surface area contributed by atoms with Gasteiger partial charge in [-0.1, -0.05) is 6.07 Å². The molecule has 0 radical (unpaired) electrons. The van der Waals surface area contributed by atoms with Crippen molar-refractivity contribution in [3.8, 4) is 5.88 Å². The molecule has 29 heavy (non-hydrogen) atoms. The summed E-state index contributed by atoms with van der Waals surface area (Å²) in [5.74, 6) is -0.293. The normalized spacial score (nSPS) is 24.4. The standard InChI is InChI=1S/C22H24FN3O3/c23-16-4-8-18(9-5-16)26-14-15(13-21(26)27)22(28)25-17-6-10-19(11-7-17)29-20-3-1-2-12-24-20/h1-5,8-9,12,15,17,19H,6-7,10-11,13-14H2,(H,25,28). The van der Waals surface area contributed by atoms with Crippen molar-refractivity contribution in [2.24, 2.45) is 5.92 Å². The highest BCUT2D eigenvalue weighted by Crippen LogP contribution is 2.27. The molecular formula is C22H24FN3O3. The zero-order valence-corrected chi connectivity index (χ0v) is 16.1. The van der Waals surface area contributed by atoms with Crippen molar-refractivity contribution in [2.45, 2.75) is 44.2 Å². The maximum atomic E-state index is 13.1. The van der Waals surface area contributed by atoms with Crippen molar-refractivity contribution in [3.63, 3.8) is 0 Å². The largest absolute Gasteiger partial charge is 0.474 e. The van der Waals surface area contributed by atoms with Crippen LogP contribution in [0, 0.1) is 11.7 Å². The molecule has 6 nitrogen and oxygen atoms in total. The number of nitrogens with zero attached hydrogens (tertiary/aromatic N) is 2. The number of ether oxygens (including phenoxy) is 1. The van der Waals surface area contributed by atoms with Crippen molar-refractivity contribution in [3.05, 3.63) is 54.5 Å². The SMILES string of the molecule is O=C(NC1CCC(Oc2ccccn2)CC1)C1CC(=O)N(c2ccc(F)cc2)C1. The number of carbonyl (C=O) groups is 2. The fourth-order valence-electron chi connectivity index (χ4n) is 3.99. The smallest absolute Gasteiger partial charge is 0.227 e. The Morgan fingerprint density at radius 2 is 1.86 bits per heavy atom. The van der Waals surface area contributed by atoms with E-state index in [1.165, 1.54) is 12.1 Å². The highest BCUT2D eigenvalue weighted by molar-refractivity contribution is 6.00. The molecule has 4 rings (SSSR count). The number of hydrogen-bond acceptors (Lipinski definition) is 4. The van der Waals surface area contributed by atoms with Crippen LogP contribution in [0.5, 0.6) is 5.88 Å². The van der Waals surface area contributed by atoms with E-state index in [-0.39, 0.29) is 42.1 Å². The number of halogens is 1. The molecule has 1 saturated carbocycles. The van der Waals surface area contributed by atoms with E-state index in [1.807, 2.05) is 18.2 Å². The zero-order valence-electron chi connectivity index (χ0n) is 16.1. The Kier molecular flexibility index (Phi) is 5.74. The fraction of sp³-hybridized carbons (Fsp3) is 0.409. The van der Waals surface area contributed by atoms with Crippen molar-refractivity contribution >= 4 is 17.5 Å². The molecule has 2 heterocycles. The molecule has 2 fully saturated rings. The third-order valence-electron chi connectivity index (χ3n) is 5.58. The highest BCUT2D eigenvalue weighted by Gasteiger charge is 2.36. The van der Waals surface area contributed by atoms with Crippen LogP contribution in [0.25, 0.3) is 0 Å². The third-order valence-corrected chi connectivity index (χ3v) is 5.58. The van der Waals surface area contributed by atoms with Gasteiger partial charge in [0, 0.05) is 37.0 Å². The van der Waals surface area contributed by atoms with Crippen LogP contribution in [0.15, 0.2) is 48.7 Å². The van der Waals surface area contributed by atoms with Crippen LogP contribution in [0.3, 0.4) is 0 Å². The highest BCUT2D eigenvalue weighted by atomic mass is 19.1. The Morgan fingerprint density at radius 3 is 2.55 bits per heavy atom. The first-order chi connectivity index (χ1) is 14.1. The van der Waals surface area contributed by atoms with Crippen LogP contribution >= 0.6 is 0 Å². The lowest BCUT2D eigenvalue weighted by Crippen LogP contribution is -2.43. The molecule has 1 aromatic carbocycles. The van der Waals surface area contributed by atoms with E-state index in [2.05, 4.69) is 10.3 Å². The number of nitrogens with one attached hydrogen (secondary N) is 1. The van der Waals surface area contributed by atoms with Gasteiger partial charge in [-0.25, -0.2) is 9.37 Å². The van der Waals surface area contributed by atoms with Gasteiger partial charge in [0.25, 0.3) is 0 Å². The summed E-state index contributed by atoms with van der Waals surface area (Å²) >= 11 is 0. The van der Waals surface area contributed by atoms with Gasteiger partial charge in [-0.2, -0.15) is 0 Å². The molecule has 1 aromatic heterocycles. The van der Waals surface area contributed by atoms with Gasteiger partial charge >= 0.3 is 0 Å². The van der Waals surface area contributed by atoms with Crippen molar-refractivity contribution in [1.29, 1.82) is 0 Å². The molecular weight excluding hydrogens is 373 g/mol. The predicted molar refractivity (Wildman–Crippen MR) is 106 cm³/mol. The third kappa shape index (κ3) is 4.72. The van der Waals surface area contributed by atoms with Gasteiger partial charge in [-0.3, -0.25) is 9.59 Å². The topological polar surface area (TPSA) is 71.5 Å². The fourth-order valence-corrected chi connectivity index (χ4v) is 3.99. The molecule has 1 unspecified atom stereocenters. The number of carbonyl (C=O) groups excluding carboxylic acids is 2. The van der Waals surface area contributed by atoms with E-state index in [4.69, 9.17) is 4.74 Å². The van der Waals surface area contributed by atoms with E-state index < -0.39 is 0 Å². The van der Waals surface area contributed by atoms with Crippen LogP contribution in [-0.2, 0) is 9.59 Å². The zero-order chi connectivity index (χ0) is 20.2. The molecule has 0 spiro atoms. The number of rotatable bonds is 5. The number of aromatic nitrogens is 1. The first kappa shape index (κ1) is 19.4. The van der Waals surface area contributed by atoms with Gasteiger partial charge in [-0.15, -0.1) is 0 Å². The molecule has 0 bridgehead atoms. The summed E-state index contributed by atoms with van der Waals surface area (Å²) in [6.45, 7) is 0.328. The molecule has 2 amide bonds. The number of anilines is 1. The summed E-state index contributed by atoms with van der Waals surface area (Å²) in [7, 11) is 0. The number of amides is 2. The molecule has 1 aliphatic carbocycles. The molecule has 1 aliphatic heterocycles. The van der Waals surface area contributed by atoms with Crippen molar-refractivity contribution in [2.75, 3.05) is 11.4 Å². The van der Waals surface area contributed by atoms with Crippen LogP contribution in [0.2, 0.25) is 0 Å². The second kappa shape index (κ2) is 8.59. The van der Waals surface area contributed by atoms with Gasteiger partial charge in [-0.05, 0) is 56.0 Å². The second-order valence-corrected chi connectivity index (χ2v) is 7.65. The van der Waals surface area contributed by atoms with E-state index in [9.17, 15) is 14.0 Å². The van der Waals surface area contributed by atoms with Gasteiger partial charge in [0.05, 0.1) is 5.92 Å². The summed E-state index contributed by atoms with van der Waals surface area (Å²) in [6.07, 6.45) is 5.39. The van der Waals surface area contributed by atoms with Crippen LogP contribution in [0.4, 0.5) is 10.1 Å². The van der Waals surface area contributed by atoms with Crippen LogP contribution in [0.1, 0.15) is 32.1 Å². The lowest BCUT2D eigenvalue weighted by atomic mass is 9.92. The Balaban J connectivity index is 1.26. The Labute approximate surface area is 169 Å². The quantitative estimate of drug-likeness (QED) is 0.842. The lowest BCUT2D eigenvalue weighted by molar-refractivity contribution is -0.127. The first-order valence-corrected chi connectivity index (χ1v) is 10.0. The van der Waals surface area contributed by atoms with Gasteiger partial charge in [0.15, 0.2) is 0 Å². The predicted octanol–water partition coefficient (Wildman–Crippen LogP) is 3.08. The molecule has 7 heteroatoms. The summed E-state index contributed by atoms with van der Waals surface area (Å²) in [4.78, 5) is 30.7. The molecule has 1 saturated heterocycles. The molecule has 2 aliphatic rings. The van der Waals surface area contributed by atoms with Crippen molar-refractivity contribution in [1.82, 2.24) is 10.3 Å². The minimum absolute atomic E-state index is 0.0861. The monoisotopic (exact) mass is 397 g/mol. The van der Waals surface area contributed by atoms with E-state index >= 15 is 0 Å². The second-order valence-electron chi connectivity index (χ2n) is 7.65. The molecule has 2 aromatic rings. The Hall–Kier alpha value is -2.96. The van der Waals surface area contributed by atoms with E-state index in [0.29, 0.717) is 18.1 Å². The van der Waals surface area contributed by atoms with Crippen molar-refractivity contribution < 1.29 is 18.7 Å². The van der Waals surface area contributed by atoms with Crippen LogP contribution < -0.4 is 15.0 Å². The van der Waals surface area contributed by atoms with Gasteiger partial charge in [0.2, 0.25) is 17.7 Å². The maximum Gasteiger partial charge on any atom is 0.227 e. The maximum absolute atomic E-state index is 13.1. The summed E-state index contributed by atoms with van der Waals surface area (Å²) in [6, 6.07) is 11.5. The Morgan fingerprint density at radius 1 is 1.10 bits per heavy atom. The van der Waals surface area contributed by atoms with Gasteiger partial charge in [0.1, 0.15) is 11.9 Å². The number of benzene rings is 1. The summed E-state index contributed by atoms with van der Waals surface area (Å²) < 4.78 is 19.0. The van der Waals surface area contributed by atoms with E-state index in [0.717, 1.165) is 25.7 Å². The minimum Gasteiger partial charge on any atom is -0.474 e. The summed E-state index contributed by atoms with van der Waals surface area (Å²) in [5, 5.41) is 3.10. The Bertz CT molecular complexity index is 851. The number of pyridine rings is 1. The molecule has 152 valence electrons. The molecule has 1 atom stereocenters. The number of hydrogen-bond donors (Lipinski definition) is 1. The molecule has 1 N–H and O–H groups in total. The van der Waals surface area contributed by atoms with Crippen LogP contribution in [-0.4, -0.2) is 35.5 Å². The summed E-state index contributed by atoms with van der Waals surface area (Å²) in [5.41, 5.74) is 0.624. The lowest BCUT2D eigenvalue weighted by Gasteiger charge is -2.29. The minimum atomic E-state index is -0.380. The van der Waals surface area contributed by atoms with Gasteiger partial charge < -0.3 is 15.0 Å². The average Bonchev–Trinajstić information content (AvgIpc) is 3.13.